The highest BCUT2D eigenvalue weighted by Gasteiger charge is 2.19. The number of amides is 1. The van der Waals surface area contributed by atoms with E-state index in [1.807, 2.05) is 0 Å². The number of nitrogens with one attached hydrogen (secondary N) is 1. The van der Waals surface area contributed by atoms with E-state index >= 15 is 0 Å². The van der Waals surface area contributed by atoms with E-state index in [1.165, 1.54) is 18.2 Å². The Morgan fingerprint density at radius 2 is 1.92 bits per heavy atom. The van der Waals surface area contributed by atoms with Crippen LogP contribution in [0.2, 0.25) is 8.67 Å². The Balaban J connectivity index is 1.63. The fourth-order valence-corrected chi connectivity index (χ4v) is 4.74. The van der Waals surface area contributed by atoms with Gasteiger partial charge < -0.3 is 4.42 Å². The Morgan fingerprint density at radius 1 is 1.19 bits per heavy atom. The minimum Gasteiger partial charge on any atom is -0.408 e. The Hall–Kier alpha value is -1.94. The van der Waals surface area contributed by atoms with Crippen molar-refractivity contribution in [1.82, 2.24) is 10.2 Å². The van der Waals surface area contributed by atoms with Crippen LogP contribution in [0.1, 0.15) is 16.2 Å². The molecule has 0 saturated heterocycles. The number of hydrogen-bond donors (Lipinski definition) is 1. The van der Waals surface area contributed by atoms with Crippen LogP contribution in [0.25, 0.3) is 0 Å². The first-order chi connectivity index (χ1) is 12.3. The second kappa shape index (κ2) is 7.75. The maximum atomic E-state index is 12.2. The number of aryl methyl sites for hydroxylation is 1. The van der Waals surface area contributed by atoms with Gasteiger partial charge in [-0.2, -0.15) is 0 Å². The summed E-state index contributed by atoms with van der Waals surface area (Å²) in [5.41, 5.74) is 0.188. The molecule has 0 spiro atoms. The highest BCUT2D eigenvalue weighted by Crippen LogP contribution is 2.31. The lowest BCUT2D eigenvalue weighted by Crippen LogP contribution is -2.11. The summed E-state index contributed by atoms with van der Waals surface area (Å²) < 4.78 is 30.3. The van der Waals surface area contributed by atoms with Gasteiger partial charge in [0.15, 0.2) is 9.84 Å². The molecule has 0 atom stereocenters. The number of halogens is 2. The largest absolute Gasteiger partial charge is 0.408 e. The van der Waals surface area contributed by atoms with Crippen molar-refractivity contribution in [3.05, 3.63) is 56.5 Å². The Labute approximate surface area is 162 Å². The highest BCUT2D eigenvalue weighted by molar-refractivity contribution is 7.91. The molecule has 0 aliphatic rings. The zero-order valence-corrected chi connectivity index (χ0v) is 16.1. The Kier molecular flexibility index (Phi) is 5.61. The summed E-state index contributed by atoms with van der Waals surface area (Å²) in [7, 11) is -3.46. The molecule has 0 bridgehead atoms. The molecule has 0 saturated carbocycles. The summed E-state index contributed by atoms with van der Waals surface area (Å²) in [6, 6.07) is 9.34. The first kappa shape index (κ1) is 18.8. The molecule has 3 rings (SSSR count). The van der Waals surface area contributed by atoms with Crippen LogP contribution >= 0.6 is 34.5 Å². The van der Waals surface area contributed by atoms with Crippen LogP contribution in [0.4, 0.5) is 6.01 Å². The van der Waals surface area contributed by atoms with Crippen molar-refractivity contribution in [2.45, 2.75) is 11.3 Å². The number of carbonyl (C=O) groups excluding carboxylic acids is 1. The van der Waals surface area contributed by atoms with Gasteiger partial charge in [-0.15, -0.1) is 16.4 Å². The van der Waals surface area contributed by atoms with Crippen LogP contribution in [0.5, 0.6) is 0 Å². The molecular formula is C15H11Cl2N3O4S2. The molecule has 2 aromatic heterocycles. The van der Waals surface area contributed by atoms with E-state index in [1.54, 1.807) is 18.2 Å². The molecule has 7 nitrogen and oxygen atoms in total. The quantitative estimate of drug-likeness (QED) is 0.637. The SMILES string of the molecule is O=C(Nc1nnc(CCS(=O)(=O)c2ccccc2)o1)c1cc(Cl)sc1Cl. The van der Waals surface area contributed by atoms with E-state index in [4.69, 9.17) is 27.6 Å². The molecule has 0 radical (unpaired) electrons. The number of hydrogen-bond acceptors (Lipinski definition) is 7. The average Bonchev–Trinajstić information content (AvgIpc) is 3.19. The van der Waals surface area contributed by atoms with Gasteiger partial charge in [-0.25, -0.2) is 8.42 Å². The molecule has 0 aliphatic heterocycles. The summed E-state index contributed by atoms with van der Waals surface area (Å²) >= 11 is 12.8. The number of aromatic nitrogens is 2. The molecule has 0 unspecified atom stereocenters. The molecular weight excluding hydrogens is 421 g/mol. The number of sulfone groups is 1. The highest BCUT2D eigenvalue weighted by atomic mass is 35.5. The lowest BCUT2D eigenvalue weighted by Gasteiger charge is -2.02. The van der Waals surface area contributed by atoms with Gasteiger partial charge in [0.1, 0.15) is 4.34 Å². The third-order valence-corrected chi connectivity index (χ3v) is 6.50. The van der Waals surface area contributed by atoms with Crippen LogP contribution in [0.15, 0.2) is 45.7 Å². The van der Waals surface area contributed by atoms with E-state index in [0.29, 0.717) is 4.34 Å². The van der Waals surface area contributed by atoms with E-state index in [0.717, 1.165) is 11.3 Å². The van der Waals surface area contributed by atoms with Gasteiger partial charge in [0.05, 0.1) is 20.5 Å². The number of thiophene rings is 1. The van der Waals surface area contributed by atoms with Crippen molar-refractivity contribution in [1.29, 1.82) is 0 Å². The maximum absolute atomic E-state index is 12.2. The summed E-state index contributed by atoms with van der Waals surface area (Å²) in [4.78, 5) is 12.3. The normalized spacial score (nSPS) is 11.5. The Morgan fingerprint density at radius 3 is 2.58 bits per heavy atom. The van der Waals surface area contributed by atoms with Gasteiger partial charge in [0, 0.05) is 6.42 Å². The van der Waals surface area contributed by atoms with Crippen molar-refractivity contribution in [3.63, 3.8) is 0 Å². The first-order valence-corrected chi connectivity index (χ1v) is 10.4. The smallest absolute Gasteiger partial charge is 0.322 e. The number of anilines is 1. The number of carbonyl (C=O) groups is 1. The summed E-state index contributed by atoms with van der Waals surface area (Å²) in [6.45, 7) is 0. The lowest BCUT2D eigenvalue weighted by atomic mass is 10.3. The van der Waals surface area contributed by atoms with Crippen LogP contribution < -0.4 is 5.32 Å². The van der Waals surface area contributed by atoms with Crippen molar-refractivity contribution >= 4 is 56.3 Å². The van der Waals surface area contributed by atoms with Gasteiger partial charge in [0.25, 0.3) is 5.91 Å². The molecule has 11 heteroatoms. The molecule has 1 N–H and O–H groups in total. The number of rotatable bonds is 6. The maximum Gasteiger partial charge on any atom is 0.322 e. The third kappa shape index (κ3) is 4.42. The second-order valence-corrected chi connectivity index (χ2v) is 9.47. The summed E-state index contributed by atoms with van der Waals surface area (Å²) in [5, 5.41) is 9.81. The van der Waals surface area contributed by atoms with Crippen molar-refractivity contribution in [2.75, 3.05) is 11.1 Å². The second-order valence-electron chi connectivity index (χ2n) is 5.07. The lowest BCUT2D eigenvalue weighted by molar-refractivity contribution is 0.102. The topological polar surface area (TPSA) is 102 Å². The molecule has 1 aromatic carbocycles. The zero-order valence-electron chi connectivity index (χ0n) is 13.0. The minimum atomic E-state index is -3.46. The monoisotopic (exact) mass is 431 g/mol. The van der Waals surface area contributed by atoms with E-state index in [-0.39, 0.29) is 38.9 Å². The fourth-order valence-electron chi connectivity index (χ4n) is 2.03. The molecule has 0 aliphatic carbocycles. The standard InChI is InChI=1S/C15H11Cl2N3O4S2/c16-11-8-10(13(17)25-11)14(21)18-15-20-19-12(24-15)6-7-26(22,23)9-4-2-1-3-5-9/h1-5,8H,6-7H2,(H,18,20,21). The van der Waals surface area contributed by atoms with Crippen molar-refractivity contribution < 1.29 is 17.6 Å². The van der Waals surface area contributed by atoms with E-state index < -0.39 is 15.7 Å². The van der Waals surface area contributed by atoms with Crippen LogP contribution in [-0.2, 0) is 16.3 Å². The van der Waals surface area contributed by atoms with Gasteiger partial charge in [-0.05, 0) is 18.2 Å². The molecule has 0 fully saturated rings. The zero-order chi connectivity index (χ0) is 18.7. The van der Waals surface area contributed by atoms with E-state index in [2.05, 4.69) is 15.5 Å². The third-order valence-electron chi connectivity index (χ3n) is 3.28. The van der Waals surface area contributed by atoms with Crippen LogP contribution in [-0.4, -0.2) is 30.3 Å². The van der Waals surface area contributed by atoms with Crippen molar-refractivity contribution in [2.24, 2.45) is 0 Å². The average molecular weight is 432 g/mol. The predicted octanol–water partition coefficient (Wildman–Crippen LogP) is 3.71. The number of nitrogens with zero attached hydrogens (tertiary/aromatic N) is 2. The Bertz CT molecular complexity index is 1030. The van der Waals surface area contributed by atoms with E-state index in [9.17, 15) is 13.2 Å². The summed E-state index contributed by atoms with van der Waals surface area (Å²) in [6.07, 6.45) is 0.0190. The van der Waals surface area contributed by atoms with Gasteiger partial charge in [-0.1, -0.05) is 46.5 Å². The first-order valence-electron chi connectivity index (χ1n) is 7.21. The van der Waals surface area contributed by atoms with Crippen LogP contribution in [0, 0.1) is 0 Å². The fraction of sp³-hybridized carbons (Fsp3) is 0.133. The van der Waals surface area contributed by atoms with Gasteiger partial charge in [-0.3, -0.25) is 10.1 Å². The molecule has 26 heavy (non-hydrogen) atoms. The molecule has 3 aromatic rings. The van der Waals surface area contributed by atoms with Gasteiger partial charge >= 0.3 is 6.01 Å². The summed E-state index contributed by atoms with van der Waals surface area (Å²) in [5.74, 6) is -0.655. The molecule has 136 valence electrons. The molecule has 2 heterocycles. The van der Waals surface area contributed by atoms with Crippen molar-refractivity contribution in [3.8, 4) is 0 Å². The number of benzene rings is 1. The molecule has 1 amide bonds. The van der Waals surface area contributed by atoms with Crippen LogP contribution in [0.3, 0.4) is 0 Å². The van der Waals surface area contributed by atoms with Gasteiger partial charge in [0.2, 0.25) is 5.89 Å². The predicted molar refractivity (Wildman–Crippen MR) is 98.8 cm³/mol. The minimum absolute atomic E-state index is 0.0190.